The van der Waals surface area contributed by atoms with Gasteiger partial charge in [-0.3, -0.25) is 0 Å². The van der Waals surface area contributed by atoms with Gasteiger partial charge in [0.05, 0.1) is 0 Å². The Balaban J connectivity index is 1.90. The van der Waals surface area contributed by atoms with Gasteiger partial charge in [-0.05, 0) is 40.3 Å². The summed E-state index contributed by atoms with van der Waals surface area (Å²) in [6, 6.07) is 20.2. The van der Waals surface area contributed by atoms with E-state index in [0.29, 0.717) is 6.61 Å². The summed E-state index contributed by atoms with van der Waals surface area (Å²) in [5.74, 6) is 0.833. The number of benzene rings is 2. The Morgan fingerprint density at radius 1 is 0.895 bits per heavy atom. The molecule has 0 unspecified atom stereocenters. The summed E-state index contributed by atoms with van der Waals surface area (Å²) in [5, 5.41) is 1.10. The van der Waals surface area contributed by atoms with E-state index in [1.54, 1.807) is 0 Å². The molecular weight excluding hydrogens is 349 g/mol. The average molecular weight is 361 g/mol. The van der Waals surface area contributed by atoms with Crippen molar-refractivity contribution in [3.8, 4) is 5.75 Å². The largest absolute Gasteiger partial charge is 0.487 e. The molecule has 0 fully saturated rings. The fourth-order valence-electron chi connectivity index (χ4n) is 1.95. The van der Waals surface area contributed by atoms with Gasteiger partial charge in [0.1, 0.15) is 21.6 Å². The summed E-state index contributed by atoms with van der Waals surface area (Å²) in [6.45, 7) is 0.563. The van der Waals surface area contributed by atoms with Crippen LogP contribution in [0.25, 0.3) is 10.9 Å². The monoisotopic (exact) mass is 361 g/mol. The van der Waals surface area contributed by atoms with Crippen molar-refractivity contribution in [3.05, 3.63) is 69.9 Å². The number of hydrogen-bond donors (Lipinski definition) is 0. The predicted octanol–water partition coefficient (Wildman–Crippen LogP) is 4.42. The zero-order valence-corrected chi connectivity index (χ0v) is 12.4. The van der Waals surface area contributed by atoms with E-state index in [9.17, 15) is 0 Å². The third-order valence-corrected chi connectivity index (χ3v) is 3.49. The molecule has 0 aliphatic carbocycles. The van der Waals surface area contributed by atoms with Crippen LogP contribution in [0.15, 0.2) is 60.7 Å². The first kappa shape index (κ1) is 12.4. The lowest BCUT2D eigenvalue weighted by Crippen LogP contribution is -1.96. The third-order valence-electron chi connectivity index (χ3n) is 2.89. The van der Waals surface area contributed by atoms with E-state index in [1.165, 1.54) is 0 Å². The highest BCUT2D eigenvalue weighted by atomic mass is 127. The summed E-state index contributed by atoms with van der Waals surface area (Å²) >= 11 is 2.22. The normalized spacial score (nSPS) is 10.6. The summed E-state index contributed by atoms with van der Waals surface area (Å²) in [5.41, 5.74) is 2.08. The van der Waals surface area contributed by atoms with Crippen LogP contribution in [0.2, 0.25) is 0 Å². The van der Waals surface area contributed by atoms with Crippen LogP contribution in [-0.4, -0.2) is 4.98 Å². The molecule has 19 heavy (non-hydrogen) atoms. The fourth-order valence-corrected chi connectivity index (χ4v) is 2.37. The number of aromatic nitrogens is 1. The molecule has 0 spiro atoms. The fraction of sp³-hybridized carbons (Fsp3) is 0.0625. The molecule has 0 amide bonds. The highest BCUT2D eigenvalue weighted by Crippen LogP contribution is 2.25. The van der Waals surface area contributed by atoms with Crippen LogP contribution in [0, 0.1) is 3.70 Å². The highest BCUT2D eigenvalue weighted by molar-refractivity contribution is 14.1. The van der Waals surface area contributed by atoms with Crippen molar-refractivity contribution in [1.29, 1.82) is 0 Å². The van der Waals surface area contributed by atoms with E-state index in [1.807, 2.05) is 42.5 Å². The minimum atomic E-state index is 0.563. The number of rotatable bonds is 3. The Labute approximate surface area is 125 Å². The van der Waals surface area contributed by atoms with E-state index in [-0.39, 0.29) is 0 Å². The van der Waals surface area contributed by atoms with Crippen LogP contribution >= 0.6 is 22.6 Å². The summed E-state index contributed by atoms with van der Waals surface area (Å²) < 4.78 is 6.87. The van der Waals surface area contributed by atoms with Crippen LogP contribution in [0.5, 0.6) is 5.75 Å². The maximum Gasteiger partial charge on any atom is 0.146 e. The van der Waals surface area contributed by atoms with Crippen molar-refractivity contribution in [1.82, 2.24) is 4.98 Å². The standard InChI is InChI=1S/C16H12INO/c17-15-10-9-13-7-4-8-14(16(13)18-15)19-11-12-5-2-1-3-6-12/h1-10H,11H2. The Morgan fingerprint density at radius 3 is 2.58 bits per heavy atom. The van der Waals surface area contributed by atoms with Gasteiger partial charge in [-0.2, -0.15) is 0 Å². The number of halogens is 1. The van der Waals surface area contributed by atoms with Gasteiger partial charge in [0.15, 0.2) is 0 Å². The zero-order chi connectivity index (χ0) is 13.1. The first-order valence-electron chi connectivity index (χ1n) is 6.05. The molecule has 0 atom stereocenters. The molecule has 0 radical (unpaired) electrons. The topological polar surface area (TPSA) is 22.1 Å². The number of pyridine rings is 1. The lowest BCUT2D eigenvalue weighted by Gasteiger charge is -2.09. The van der Waals surface area contributed by atoms with Gasteiger partial charge in [0.2, 0.25) is 0 Å². The van der Waals surface area contributed by atoms with Crippen molar-refractivity contribution >= 4 is 33.5 Å². The second-order valence-corrected chi connectivity index (χ2v) is 5.34. The Kier molecular flexibility index (Phi) is 3.64. The maximum absolute atomic E-state index is 5.89. The first-order valence-corrected chi connectivity index (χ1v) is 7.13. The highest BCUT2D eigenvalue weighted by Gasteiger charge is 2.04. The minimum absolute atomic E-state index is 0.563. The predicted molar refractivity (Wildman–Crippen MR) is 85.2 cm³/mol. The molecule has 1 heterocycles. The van der Waals surface area contributed by atoms with Crippen molar-refractivity contribution in [2.24, 2.45) is 0 Å². The smallest absolute Gasteiger partial charge is 0.146 e. The molecule has 3 rings (SSSR count). The van der Waals surface area contributed by atoms with Crippen LogP contribution in [0.3, 0.4) is 0 Å². The Hall–Kier alpha value is -1.62. The molecule has 0 saturated carbocycles. The Morgan fingerprint density at radius 2 is 1.74 bits per heavy atom. The van der Waals surface area contributed by atoms with Gasteiger partial charge in [-0.15, -0.1) is 0 Å². The van der Waals surface area contributed by atoms with Gasteiger partial charge in [-0.25, -0.2) is 4.98 Å². The second-order valence-electron chi connectivity index (χ2n) is 4.24. The molecule has 3 heteroatoms. The molecule has 2 aromatic carbocycles. The molecule has 94 valence electrons. The molecule has 0 aliphatic heterocycles. The number of nitrogens with zero attached hydrogens (tertiary/aromatic N) is 1. The van der Waals surface area contributed by atoms with E-state index < -0.39 is 0 Å². The molecule has 0 bridgehead atoms. The van der Waals surface area contributed by atoms with Gasteiger partial charge >= 0.3 is 0 Å². The molecular formula is C16H12INO. The summed E-state index contributed by atoms with van der Waals surface area (Å²) in [7, 11) is 0. The quantitative estimate of drug-likeness (QED) is 0.509. The van der Waals surface area contributed by atoms with Crippen molar-refractivity contribution in [2.75, 3.05) is 0 Å². The second kappa shape index (κ2) is 5.57. The van der Waals surface area contributed by atoms with Gasteiger partial charge in [-0.1, -0.05) is 48.5 Å². The molecule has 1 aromatic heterocycles. The van der Waals surface area contributed by atoms with Crippen molar-refractivity contribution in [2.45, 2.75) is 6.61 Å². The number of fused-ring (bicyclic) bond motifs is 1. The van der Waals surface area contributed by atoms with Crippen LogP contribution in [-0.2, 0) is 6.61 Å². The number of ether oxygens (including phenoxy) is 1. The first-order chi connectivity index (χ1) is 9.33. The van der Waals surface area contributed by atoms with Crippen molar-refractivity contribution in [3.63, 3.8) is 0 Å². The third kappa shape index (κ3) is 2.87. The van der Waals surface area contributed by atoms with E-state index in [4.69, 9.17) is 4.74 Å². The lowest BCUT2D eigenvalue weighted by molar-refractivity contribution is 0.309. The molecule has 0 N–H and O–H groups in total. The SMILES string of the molecule is Ic1ccc2cccc(OCc3ccccc3)c2n1. The van der Waals surface area contributed by atoms with E-state index in [0.717, 1.165) is 25.9 Å². The number of hydrogen-bond acceptors (Lipinski definition) is 2. The zero-order valence-electron chi connectivity index (χ0n) is 10.2. The maximum atomic E-state index is 5.89. The molecule has 0 aliphatic rings. The average Bonchev–Trinajstić information content (AvgIpc) is 2.46. The minimum Gasteiger partial charge on any atom is -0.487 e. The Bertz CT molecular complexity index is 697. The molecule has 2 nitrogen and oxygen atoms in total. The van der Waals surface area contributed by atoms with Crippen LogP contribution < -0.4 is 4.74 Å². The van der Waals surface area contributed by atoms with Gasteiger partial charge < -0.3 is 4.74 Å². The van der Waals surface area contributed by atoms with Gasteiger partial charge in [0, 0.05) is 5.39 Å². The summed E-state index contributed by atoms with van der Waals surface area (Å²) in [6.07, 6.45) is 0. The van der Waals surface area contributed by atoms with Crippen molar-refractivity contribution < 1.29 is 4.74 Å². The van der Waals surface area contributed by atoms with E-state index in [2.05, 4.69) is 45.8 Å². The lowest BCUT2D eigenvalue weighted by atomic mass is 10.2. The van der Waals surface area contributed by atoms with Gasteiger partial charge in [0.25, 0.3) is 0 Å². The number of para-hydroxylation sites is 1. The van der Waals surface area contributed by atoms with E-state index >= 15 is 0 Å². The van der Waals surface area contributed by atoms with Crippen LogP contribution in [0.4, 0.5) is 0 Å². The van der Waals surface area contributed by atoms with Crippen LogP contribution in [0.1, 0.15) is 5.56 Å². The summed E-state index contributed by atoms with van der Waals surface area (Å²) in [4.78, 5) is 4.55. The molecule has 3 aromatic rings. The molecule has 0 saturated heterocycles.